The van der Waals surface area contributed by atoms with Crippen LogP contribution in [-0.2, 0) is 0 Å². The molecule has 0 saturated heterocycles. The van der Waals surface area contributed by atoms with Crippen LogP contribution in [0.4, 0.5) is 5.69 Å². The minimum Gasteiger partial charge on any atom is -0.397 e. The van der Waals surface area contributed by atoms with Gasteiger partial charge in [0.05, 0.1) is 10.7 Å². The van der Waals surface area contributed by atoms with Crippen molar-refractivity contribution < 1.29 is 0 Å². The summed E-state index contributed by atoms with van der Waals surface area (Å²) in [5.74, 6) is 0. The summed E-state index contributed by atoms with van der Waals surface area (Å²) in [5, 5.41) is 2.65. The Bertz CT molecular complexity index is 468. The van der Waals surface area contributed by atoms with Crippen LogP contribution in [0, 0.1) is 0 Å². The third kappa shape index (κ3) is 1.32. The Balaban J connectivity index is 2.94. The maximum absolute atomic E-state index is 5.87. The number of aromatic nitrogens is 1. The van der Waals surface area contributed by atoms with Crippen molar-refractivity contribution in [1.29, 1.82) is 0 Å². The van der Waals surface area contributed by atoms with Crippen LogP contribution < -0.4 is 5.73 Å². The van der Waals surface area contributed by atoms with Crippen LogP contribution in [-0.4, -0.2) is 4.98 Å². The fourth-order valence-corrected chi connectivity index (χ4v) is 1.60. The van der Waals surface area contributed by atoms with Crippen LogP contribution >= 0.6 is 23.2 Å². The van der Waals surface area contributed by atoms with Gasteiger partial charge in [0.15, 0.2) is 0 Å². The van der Waals surface area contributed by atoms with Crippen molar-refractivity contribution in [3.8, 4) is 0 Å². The van der Waals surface area contributed by atoms with Gasteiger partial charge in [0, 0.05) is 17.0 Å². The van der Waals surface area contributed by atoms with E-state index in [1.54, 1.807) is 18.3 Å². The van der Waals surface area contributed by atoms with Crippen molar-refractivity contribution in [2.24, 2.45) is 0 Å². The summed E-state index contributed by atoms with van der Waals surface area (Å²) in [6.07, 6.45) is 1.61. The molecule has 13 heavy (non-hydrogen) atoms. The Morgan fingerprint density at radius 1 is 1.08 bits per heavy atom. The number of benzene rings is 1. The third-order valence-corrected chi connectivity index (χ3v) is 2.52. The molecule has 0 aliphatic carbocycles. The Kier molecular flexibility index (Phi) is 2.02. The lowest BCUT2D eigenvalue weighted by atomic mass is 10.1. The second-order valence-electron chi connectivity index (χ2n) is 2.66. The smallest absolute Gasteiger partial charge is 0.136 e. The highest BCUT2D eigenvalue weighted by atomic mass is 35.5. The average molecular weight is 213 g/mol. The van der Waals surface area contributed by atoms with Crippen molar-refractivity contribution in [2.45, 2.75) is 0 Å². The SMILES string of the molecule is Nc1c(Cl)ccc2c(Cl)nccc12. The van der Waals surface area contributed by atoms with Gasteiger partial charge in [0.25, 0.3) is 0 Å². The van der Waals surface area contributed by atoms with Crippen LogP contribution in [0.25, 0.3) is 10.8 Å². The molecule has 0 radical (unpaired) electrons. The van der Waals surface area contributed by atoms with Crippen molar-refractivity contribution in [3.05, 3.63) is 34.6 Å². The van der Waals surface area contributed by atoms with E-state index >= 15 is 0 Å². The largest absolute Gasteiger partial charge is 0.397 e. The molecule has 4 heteroatoms. The molecule has 66 valence electrons. The molecule has 1 aromatic carbocycles. The van der Waals surface area contributed by atoms with Crippen molar-refractivity contribution in [2.75, 3.05) is 5.73 Å². The van der Waals surface area contributed by atoms with Crippen molar-refractivity contribution >= 4 is 39.7 Å². The lowest BCUT2D eigenvalue weighted by Gasteiger charge is -2.04. The lowest BCUT2D eigenvalue weighted by Crippen LogP contribution is -1.89. The number of fused-ring (bicyclic) bond motifs is 1. The molecule has 0 unspecified atom stereocenters. The Morgan fingerprint density at radius 3 is 2.62 bits per heavy atom. The molecule has 1 aromatic heterocycles. The van der Waals surface area contributed by atoms with E-state index in [-0.39, 0.29) is 0 Å². The van der Waals surface area contributed by atoms with Crippen molar-refractivity contribution in [1.82, 2.24) is 4.98 Å². The standard InChI is InChI=1S/C9H6Cl2N2/c10-7-2-1-6-5(8(7)12)3-4-13-9(6)11/h1-4H,12H2. The first-order valence-electron chi connectivity index (χ1n) is 3.68. The molecule has 0 saturated carbocycles. The average Bonchev–Trinajstić information content (AvgIpc) is 2.12. The molecule has 0 aliphatic rings. The van der Waals surface area contributed by atoms with Gasteiger partial charge in [0.2, 0.25) is 0 Å². The summed E-state index contributed by atoms with van der Waals surface area (Å²) in [7, 11) is 0. The number of rotatable bonds is 0. The van der Waals surface area contributed by atoms with Gasteiger partial charge < -0.3 is 5.73 Å². The Hall–Kier alpha value is -0.990. The van der Waals surface area contributed by atoms with E-state index < -0.39 is 0 Å². The zero-order valence-electron chi connectivity index (χ0n) is 6.59. The molecule has 0 atom stereocenters. The highest BCUT2D eigenvalue weighted by Gasteiger charge is 2.04. The molecule has 1 heterocycles. The van der Waals surface area contributed by atoms with Gasteiger partial charge in [0.1, 0.15) is 5.15 Å². The van der Waals surface area contributed by atoms with E-state index in [0.717, 1.165) is 10.8 Å². The molecule has 2 aromatic rings. The van der Waals surface area contributed by atoms with Gasteiger partial charge in [-0.25, -0.2) is 4.98 Å². The summed E-state index contributed by atoms with van der Waals surface area (Å²) in [4.78, 5) is 3.94. The van der Waals surface area contributed by atoms with Gasteiger partial charge in [-0.1, -0.05) is 23.2 Å². The first kappa shape index (κ1) is 8.60. The molecule has 0 fully saturated rings. The molecule has 0 bridgehead atoms. The quantitative estimate of drug-likeness (QED) is 0.539. The van der Waals surface area contributed by atoms with Gasteiger partial charge in [-0.3, -0.25) is 0 Å². The van der Waals surface area contributed by atoms with Gasteiger partial charge in [-0.05, 0) is 18.2 Å². The topological polar surface area (TPSA) is 38.9 Å². The van der Waals surface area contributed by atoms with Crippen LogP contribution in [0.2, 0.25) is 10.2 Å². The molecular formula is C9H6Cl2N2. The predicted octanol–water partition coefficient (Wildman–Crippen LogP) is 3.12. The molecule has 2 N–H and O–H groups in total. The van der Waals surface area contributed by atoms with Crippen LogP contribution in [0.5, 0.6) is 0 Å². The summed E-state index contributed by atoms with van der Waals surface area (Å²) in [6.45, 7) is 0. The monoisotopic (exact) mass is 212 g/mol. The maximum Gasteiger partial charge on any atom is 0.136 e. The fourth-order valence-electron chi connectivity index (χ4n) is 1.22. The number of halogens is 2. The summed E-state index contributed by atoms with van der Waals surface area (Å²) >= 11 is 11.7. The molecule has 2 nitrogen and oxygen atoms in total. The maximum atomic E-state index is 5.87. The molecule has 2 rings (SSSR count). The van der Waals surface area contributed by atoms with E-state index in [2.05, 4.69) is 4.98 Å². The van der Waals surface area contributed by atoms with Crippen LogP contribution in [0.15, 0.2) is 24.4 Å². The van der Waals surface area contributed by atoms with Gasteiger partial charge >= 0.3 is 0 Å². The summed E-state index contributed by atoms with van der Waals surface area (Å²) in [6, 6.07) is 5.32. The van der Waals surface area contributed by atoms with E-state index in [1.165, 1.54) is 0 Å². The predicted molar refractivity (Wildman–Crippen MR) is 56.2 cm³/mol. The molecule has 0 amide bonds. The van der Waals surface area contributed by atoms with E-state index in [9.17, 15) is 0 Å². The summed E-state index contributed by atoms with van der Waals surface area (Å²) < 4.78 is 0. The Morgan fingerprint density at radius 2 is 1.85 bits per heavy atom. The third-order valence-electron chi connectivity index (χ3n) is 1.89. The fraction of sp³-hybridized carbons (Fsp3) is 0. The zero-order valence-corrected chi connectivity index (χ0v) is 8.10. The van der Waals surface area contributed by atoms with Gasteiger partial charge in [-0.2, -0.15) is 0 Å². The number of nitrogen functional groups attached to an aromatic ring is 1. The second-order valence-corrected chi connectivity index (χ2v) is 3.42. The van der Waals surface area contributed by atoms with E-state index in [0.29, 0.717) is 15.9 Å². The molecule has 0 aliphatic heterocycles. The Labute approximate surface area is 85.3 Å². The highest BCUT2D eigenvalue weighted by Crippen LogP contribution is 2.30. The molecule has 0 spiro atoms. The van der Waals surface area contributed by atoms with Crippen molar-refractivity contribution in [3.63, 3.8) is 0 Å². The first-order valence-corrected chi connectivity index (χ1v) is 4.44. The lowest BCUT2D eigenvalue weighted by molar-refractivity contribution is 1.36. The van der Waals surface area contributed by atoms with Crippen LogP contribution in [0.3, 0.4) is 0 Å². The first-order chi connectivity index (χ1) is 6.20. The summed E-state index contributed by atoms with van der Waals surface area (Å²) in [5.41, 5.74) is 6.31. The normalized spacial score (nSPS) is 10.6. The minimum atomic E-state index is 0.445. The second kappa shape index (κ2) is 3.05. The molecular weight excluding hydrogens is 207 g/mol. The number of anilines is 1. The number of nitrogens with zero attached hydrogens (tertiary/aromatic N) is 1. The van der Waals surface area contributed by atoms with Gasteiger partial charge in [-0.15, -0.1) is 0 Å². The minimum absolute atomic E-state index is 0.445. The number of hydrogen-bond acceptors (Lipinski definition) is 2. The number of pyridine rings is 1. The van der Waals surface area contributed by atoms with E-state index in [1.807, 2.05) is 6.07 Å². The highest BCUT2D eigenvalue weighted by molar-refractivity contribution is 6.37. The number of nitrogens with two attached hydrogens (primary N) is 1. The zero-order chi connectivity index (χ0) is 9.42. The number of hydrogen-bond donors (Lipinski definition) is 1. The van der Waals surface area contributed by atoms with Crippen LogP contribution in [0.1, 0.15) is 0 Å². The van der Waals surface area contributed by atoms with E-state index in [4.69, 9.17) is 28.9 Å².